The van der Waals surface area contributed by atoms with Crippen LogP contribution in [0.1, 0.15) is 59.3 Å². The number of likely N-dealkylation sites (N-methyl/N-ethyl adjacent to an activating group) is 1. The second-order valence-electron chi connectivity index (χ2n) is 6.74. The summed E-state index contributed by atoms with van der Waals surface area (Å²) in [5.41, 5.74) is 0. The van der Waals surface area contributed by atoms with Gasteiger partial charge in [0.1, 0.15) is 0 Å². The fraction of sp³-hybridized carbons (Fsp3) is 1.00. The summed E-state index contributed by atoms with van der Waals surface area (Å²) in [6.07, 6.45) is 8.49. The number of nitrogens with one attached hydrogen (secondary N) is 1. The first kappa shape index (κ1) is 16.0. The molecule has 1 fully saturated rings. The zero-order valence-corrected chi connectivity index (χ0v) is 13.0. The van der Waals surface area contributed by atoms with Gasteiger partial charge in [-0.25, -0.2) is 0 Å². The molecule has 0 bridgehead atoms. The topological polar surface area (TPSA) is 15.3 Å². The van der Waals surface area contributed by atoms with Crippen molar-refractivity contribution in [1.29, 1.82) is 0 Å². The summed E-state index contributed by atoms with van der Waals surface area (Å²) in [5.74, 6) is 1.81. The second kappa shape index (κ2) is 8.92. The molecule has 1 unspecified atom stereocenters. The molecule has 0 heterocycles. The van der Waals surface area contributed by atoms with Gasteiger partial charge in [-0.3, -0.25) is 0 Å². The van der Waals surface area contributed by atoms with Crippen molar-refractivity contribution in [3.05, 3.63) is 0 Å². The lowest BCUT2D eigenvalue weighted by Gasteiger charge is -2.22. The van der Waals surface area contributed by atoms with E-state index in [4.69, 9.17) is 0 Å². The molecule has 0 amide bonds. The number of hydrogen-bond acceptors (Lipinski definition) is 2. The lowest BCUT2D eigenvalue weighted by molar-refractivity contribution is 0.272. The van der Waals surface area contributed by atoms with Crippen molar-refractivity contribution in [2.75, 3.05) is 26.7 Å². The molecule has 0 radical (unpaired) electrons. The molecule has 0 aromatic carbocycles. The summed E-state index contributed by atoms with van der Waals surface area (Å²) < 4.78 is 0. The molecular formula is C16H34N2. The summed E-state index contributed by atoms with van der Waals surface area (Å²) in [4.78, 5) is 2.51. The van der Waals surface area contributed by atoms with Gasteiger partial charge < -0.3 is 10.2 Å². The highest BCUT2D eigenvalue weighted by Gasteiger charge is 2.16. The SMILES string of the molecule is CC(C)CCC(C)NCCN(C)CC1CCCC1. The zero-order chi connectivity index (χ0) is 13.4. The van der Waals surface area contributed by atoms with Crippen LogP contribution in [0.15, 0.2) is 0 Å². The molecule has 1 aliphatic carbocycles. The highest BCUT2D eigenvalue weighted by Crippen LogP contribution is 2.24. The summed E-state index contributed by atoms with van der Waals surface area (Å²) in [6.45, 7) is 10.6. The molecule has 2 nitrogen and oxygen atoms in total. The van der Waals surface area contributed by atoms with Crippen molar-refractivity contribution < 1.29 is 0 Å². The average Bonchev–Trinajstić information content (AvgIpc) is 2.79. The van der Waals surface area contributed by atoms with Crippen molar-refractivity contribution in [2.24, 2.45) is 11.8 Å². The minimum Gasteiger partial charge on any atom is -0.313 e. The van der Waals surface area contributed by atoms with E-state index < -0.39 is 0 Å². The Balaban J connectivity index is 1.98. The van der Waals surface area contributed by atoms with Gasteiger partial charge in [0.2, 0.25) is 0 Å². The Morgan fingerprint density at radius 1 is 1.11 bits per heavy atom. The molecular weight excluding hydrogens is 220 g/mol. The molecule has 0 aromatic heterocycles. The Bertz CT molecular complexity index is 197. The molecule has 0 aromatic rings. The van der Waals surface area contributed by atoms with Gasteiger partial charge >= 0.3 is 0 Å². The van der Waals surface area contributed by atoms with E-state index in [9.17, 15) is 0 Å². The second-order valence-corrected chi connectivity index (χ2v) is 6.74. The lowest BCUT2D eigenvalue weighted by atomic mass is 10.0. The van der Waals surface area contributed by atoms with Crippen LogP contribution in [0.4, 0.5) is 0 Å². The Morgan fingerprint density at radius 2 is 1.78 bits per heavy atom. The molecule has 1 atom stereocenters. The minimum atomic E-state index is 0.673. The van der Waals surface area contributed by atoms with E-state index in [2.05, 4.69) is 38.0 Å². The maximum atomic E-state index is 3.65. The van der Waals surface area contributed by atoms with E-state index in [1.54, 1.807) is 0 Å². The van der Waals surface area contributed by atoms with Crippen molar-refractivity contribution in [1.82, 2.24) is 10.2 Å². The smallest absolute Gasteiger partial charge is 0.0104 e. The van der Waals surface area contributed by atoms with Gasteiger partial charge in [0, 0.05) is 25.7 Å². The standard InChI is InChI=1S/C16H34N2/c1-14(2)9-10-15(3)17-11-12-18(4)13-16-7-5-6-8-16/h14-17H,5-13H2,1-4H3. The molecule has 1 N–H and O–H groups in total. The Labute approximate surface area is 115 Å². The van der Waals surface area contributed by atoms with E-state index >= 15 is 0 Å². The maximum absolute atomic E-state index is 3.65. The van der Waals surface area contributed by atoms with Crippen molar-refractivity contribution in [2.45, 2.75) is 65.3 Å². The number of hydrogen-bond donors (Lipinski definition) is 1. The van der Waals surface area contributed by atoms with Crippen LogP contribution in [0.3, 0.4) is 0 Å². The summed E-state index contributed by atoms with van der Waals surface area (Å²) in [6, 6.07) is 0.673. The van der Waals surface area contributed by atoms with E-state index in [-0.39, 0.29) is 0 Å². The van der Waals surface area contributed by atoms with E-state index in [1.165, 1.54) is 51.6 Å². The zero-order valence-electron chi connectivity index (χ0n) is 13.0. The van der Waals surface area contributed by atoms with E-state index in [1.807, 2.05) is 0 Å². The molecule has 0 aliphatic heterocycles. The van der Waals surface area contributed by atoms with Gasteiger partial charge in [-0.15, -0.1) is 0 Å². The first-order valence-electron chi connectivity index (χ1n) is 8.00. The number of nitrogens with zero attached hydrogens (tertiary/aromatic N) is 1. The van der Waals surface area contributed by atoms with Crippen LogP contribution < -0.4 is 5.32 Å². The van der Waals surface area contributed by atoms with E-state index in [0.29, 0.717) is 6.04 Å². The normalized spacial score (nSPS) is 19.0. The van der Waals surface area contributed by atoms with Crippen molar-refractivity contribution >= 4 is 0 Å². The lowest BCUT2D eigenvalue weighted by Crippen LogP contribution is -2.36. The molecule has 1 rings (SSSR count). The van der Waals surface area contributed by atoms with Crippen molar-refractivity contribution in [3.63, 3.8) is 0 Å². The summed E-state index contributed by atoms with van der Waals surface area (Å²) in [5, 5.41) is 3.65. The summed E-state index contributed by atoms with van der Waals surface area (Å²) in [7, 11) is 2.28. The molecule has 108 valence electrons. The largest absolute Gasteiger partial charge is 0.313 e. The van der Waals surface area contributed by atoms with Gasteiger partial charge in [-0.2, -0.15) is 0 Å². The minimum absolute atomic E-state index is 0.673. The Kier molecular flexibility index (Phi) is 7.92. The monoisotopic (exact) mass is 254 g/mol. The Hall–Kier alpha value is -0.0800. The van der Waals surface area contributed by atoms with Crippen molar-refractivity contribution in [3.8, 4) is 0 Å². The molecule has 0 saturated heterocycles. The quantitative estimate of drug-likeness (QED) is 0.677. The van der Waals surface area contributed by atoms with Gasteiger partial charge in [-0.05, 0) is 51.5 Å². The molecule has 18 heavy (non-hydrogen) atoms. The van der Waals surface area contributed by atoms with Gasteiger partial charge in [0.15, 0.2) is 0 Å². The van der Waals surface area contributed by atoms with Crippen LogP contribution in [0, 0.1) is 11.8 Å². The van der Waals surface area contributed by atoms with Crippen LogP contribution in [0.2, 0.25) is 0 Å². The third-order valence-corrected chi connectivity index (χ3v) is 4.21. The highest BCUT2D eigenvalue weighted by atomic mass is 15.1. The molecule has 2 heteroatoms. The summed E-state index contributed by atoms with van der Waals surface area (Å²) >= 11 is 0. The van der Waals surface area contributed by atoms with Gasteiger partial charge in [0.05, 0.1) is 0 Å². The fourth-order valence-corrected chi connectivity index (χ4v) is 2.91. The molecule has 1 aliphatic rings. The van der Waals surface area contributed by atoms with E-state index in [0.717, 1.165) is 18.4 Å². The van der Waals surface area contributed by atoms with Gasteiger partial charge in [-0.1, -0.05) is 26.7 Å². The average molecular weight is 254 g/mol. The third kappa shape index (κ3) is 7.38. The molecule has 1 saturated carbocycles. The third-order valence-electron chi connectivity index (χ3n) is 4.21. The van der Waals surface area contributed by atoms with Gasteiger partial charge in [0.25, 0.3) is 0 Å². The Morgan fingerprint density at radius 3 is 2.39 bits per heavy atom. The highest BCUT2D eigenvalue weighted by molar-refractivity contribution is 4.71. The van der Waals surface area contributed by atoms with Crippen LogP contribution in [-0.2, 0) is 0 Å². The van der Waals surface area contributed by atoms with Crippen LogP contribution in [-0.4, -0.2) is 37.6 Å². The number of rotatable bonds is 9. The first-order chi connectivity index (χ1) is 8.58. The van der Waals surface area contributed by atoms with Crippen LogP contribution in [0.25, 0.3) is 0 Å². The predicted molar refractivity (Wildman–Crippen MR) is 81.0 cm³/mol. The maximum Gasteiger partial charge on any atom is 0.0104 e. The predicted octanol–water partition coefficient (Wildman–Crippen LogP) is 3.52. The fourth-order valence-electron chi connectivity index (χ4n) is 2.91. The molecule has 0 spiro atoms. The first-order valence-corrected chi connectivity index (χ1v) is 8.00. The van der Waals surface area contributed by atoms with Crippen LogP contribution in [0.5, 0.6) is 0 Å². The van der Waals surface area contributed by atoms with Crippen LogP contribution >= 0.6 is 0 Å².